The van der Waals surface area contributed by atoms with Gasteiger partial charge in [-0.2, -0.15) is 4.98 Å². The summed E-state index contributed by atoms with van der Waals surface area (Å²) in [5.74, 6) is 1.53. The van der Waals surface area contributed by atoms with E-state index >= 15 is 0 Å². The zero-order valence-corrected chi connectivity index (χ0v) is 14.4. The first-order valence-corrected chi connectivity index (χ1v) is 8.54. The first-order valence-electron chi connectivity index (χ1n) is 8.54. The number of aromatic nitrogens is 1. The fourth-order valence-corrected chi connectivity index (χ4v) is 3.36. The number of nitrogen functional groups attached to an aromatic ring is 1. The molecule has 0 atom stereocenters. The van der Waals surface area contributed by atoms with Crippen LogP contribution in [0.15, 0.2) is 30.9 Å². The molecule has 2 aliphatic heterocycles. The van der Waals surface area contributed by atoms with Gasteiger partial charge in [0.1, 0.15) is 12.1 Å². The van der Waals surface area contributed by atoms with Crippen LogP contribution < -0.4 is 15.4 Å². The molecule has 6 nitrogen and oxygen atoms in total. The molecule has 3 rings (SSSR count). The third kappa shape index (κ3) is 3.42. The molecule has 0 aliphatic carbocycles. The molecule has 0 unspecified atom stereocenters. The summed E-state index contributed by atoms with van der Waals surface area (Å²) in [5, 5.41) is 0. The van der Waals surface area contributed by atoms with Crippen LogP contribution >= 0.6 is 0 Å². The predicted molar refractivity (Wildman–Crippen MR) is 95.9 cm³/mol. The van der Waals surface area contributed by atoms with Crippen LogP contribution in [0, 0.1) is 0 Å². The number of pyridine rings is 1. The Morgan fingerprint density at radius 1 is 1.33 bits per heavy atom. The van der Waals surface area contributed by atoms with Crippen LogP contribution in [0.3, 0.4) is 0 Å². The molecule has 0 spiro atoms. The number of nitrogens with zero attached hydrogens (tertiary/aromatic N) is 3. The predicted octanol–water partition coefficient (Wildman–Crippen LogP) is 2.52. The number of anilines is 2. The van der Waals surface area contributed by atoms with E-state index < -0.39 is 0 Å². The van der Waals surface area contributed by atoms with Gasteiger partial charge in [-0.05, 0) is 37.0 Å². The number of nitrogens with two attached hydrogens (primary N) is 1. The van der Waals surface area contributed by atoms with Crippen molar-refractivity contribution in [3.63, 3.8) is 0 Å². The molecule has 130 valence electrons. The molecule has 2 N–H and O–H groups in total. The summed E-state index contributed by atoms with van der Waals surface area (Å²) in [6, 6.07) is 2.53. The summed E-state index contributed by atoms with van der Waals surface area (Å²) in [7, 11) is 1.61. The maximum Gasteiger partial charge on any atom is 0.238 e. The second-order valence-corrected chi connectivity index (χ2v) is 6.13. The number of aryl methyl sites for hydroxylation is 1. The Morgan fingerprint density at radius 2 is 2.12 bits per heavy atom. The molecule has 0 amide bonds. The molecule has 24 heavy (non-hydrogen) atoms. The largest absolute Gasteiger partial charge is 0.479 e. The zero-order chi connectivity index (χ0) is 16.9. The maximum absolute atomic E-state index is 6.00. The van der Waals surface area contributed by atoms with Crippen molar-refractivity contribution in [1.82, 2.24) is 9.88 Å². The van der Waals surface area contributed by atoms with Crippen LogP contribution in [-0.2, 0) is 11.2 Å². The molecule has 0 radical (unpaired) electrons. The quantitative estimate of drug-likeness (QED) is 0.915. The average Bonchev–Trinajstić information content (AvgIpc) is 2.91. The maximum atomic E-state index is 6.00. The van der Waals surface area contributed by atoms with Crippen LogP contribution in [0.2, 0.25) is 0 Å². The third-order valence-corrected chi connectivity index (χ3v) is 4.70. The number of hydrogen-bond donors (Lipinski definition) is 1. The molecule has 3 heterocycles. The molecule has 1 aromatic rings. The van der Waals surface area contributed by atoms with E-state index in [4.69, 9.17) is 15.2 Å². The van der Waals surface area contributed by atoms with Gasteiger partial charge in [-0.1, -0.05) is 6.92 Å². The summed E-state index contributed by atoms with van der Waals surface area (Å²) in [6.45, 7) is 4.99. The average molecular weight is 330 g/mol. The molecule has 0 bridgehead atoms. The van der Waals surface area contributed by atoms with Crippen LogP contribution in [0.25, 0.3) is 0 Å². The number of rotatable bonds is 4. The normalized spacial score (nSPS) is 18.4. The molecule has 1 saturated heterocycles. The molecule has 2 aliphatic rings. The van der Waals surface area contributed by atoms with E-state index in [-0.39, 0.29) is 0 Å². The highest BCUT2D eigenvalue weighted by molar-refractivity contribution is 5.60. The van der Waals surface area contributed by atoms with E-state index in [1.165, 1.54) is 5.56 Å². The Bertz CT molecular complexity index is 622. The van der Waals surface area contributed by atoms with Crippen LogP contribution in [-0.4, -0.2) is 42.7 Å². The van der Waals surface area contributed by atoms with Crippen molar-refractivity contribution in [2.45, 2.75) is 32.2 Å². The first kappa shape index (κ1) is 16.5. The summed E-state index contributed by atoms with van der Waals surface area (Å²) in [4.78, 5) is 9.36. The van der Waals surface area contributed by atoms with Crippen molar-refractivity contribution in [3.05, 3.63) is 36.4 Å². The Balaban J connectivity index is 1.71. The lowest BCUT2D eigenvalue weighted by atomic mass is 10.0. The van der Waals surface area contributed by atoms with E-state index in [9.17, 15) is 0 Å². The van der Waals surface area contributed by atoms with Crippen molar-refractivity contribution >= 4 is 11.5 Å². The van der Waals surface area contributed by atoms with Crippen molar-refractivity contribution in [2.24, 2.45) is 0 Å². The Kier molecular flexibility index (Phi) is 5.13. The van der Waals surface area contributed by atoms with Gasteiger partial charge in [0.05, 0.1) is 19.1 Å². The Labute approximate surface area is 143 Å². The molecular weight excluding hydrogens is 304 g/mol. The molecule has 1 fully saturated rings. The van der Waals surface area contributed by atoms with Gasteiger partial charge in [0.25, 0.3) is 0 Å². The summed E-state index contributed by atoms with van der Waals surface area (Å²) in [6.07, 6.45) is 10.7. The Morgan fingerprint density at radius 3 is 2.83 bits per heavy atom. The summed E-state index contributed by atoms with van der Waals surface area (Å²) < 4.78 is 10.5. The molecule has 0 aromatic carbocycles. The van der Waals surface area contributed by atoms with Gasteiger partial charge >= 0.3 is 0 Å². The molecule has 6 heteroatoms. The van der Waals surface area contributed by atoms with Crippen molar-refractivity contribution in [2.75, 3.05) is 37.4 Å². The van der Waals surface area contributed by atoms with Crippen LogP contribution in [0.5, 0.6) is 5.88 Å². The van der Waals surface area contributed by atoms with Crippen LogP contribution in [0.4, 0.5) is 11.5 Å². The number of ether oxygens (including phenoxy) is 2. The highest BCUT2D eigenvalue weighted by Crippen LogP contribution is 2.30. The van der Waals surface area contributed by atoms with Gasteiger partial charge in [-0.25, -0.2) is 0 Å². The van der Waals surface area contributed by atoms with E-state index in [1.807, 2.05) is 18.3 Å². The van der Waals surface area contributed by atoms with Crippen molar-refractivity contribution in [1.29, 1.82) is 0 Å². The Hall–Kier alpha value is -2.37. The highest BCUT2D eigenvalue weighted by Gasteiger charge is 2.25. The number of piperidine rings is 1. The fourth-order valence-electron chi connectivity index (χ4n) is 3.36. The fraction of sp³-hybridized carbons (Fsp3) is 0.500. The molecular formula is C18H26N4O2. The van der Waals surface area contributed by atoms with Gasteiger partial charge in [0, 0.05) is 31.9 Å². The van der Waals surface area contributed by atoms with Gasteiger partial charge in [-0.15, -0.1) is 0 Å². The first-order chi connectivity index (χ1) is 11.7. The zero-order valence-electron chi connectivity index (χ0n) is 14.4. The van der Waals surface area contributed by atoms with Gasteiger partial charge < -0.3 is 25.0 Å². The molecule has 1 aromatic heterocycles. The lowest BCUT2D eigenvalue weighted by Gasteiger charge is -2.38. The lowest BCUT2D eigenvalue weighted by Crippen LogP contribution is -2.43. The van der Waals surface area contributed by atoms with Crippen LogP contribution in [0.1, 0.15) is 25.3 Å². The summed E-state index contributed by atoms with van der Waals surface area (Å²) >= 11 is 0. The van der Waals surface area contributed by atoms with Crippen molar-refractivity contribution < 1.29 is 9.47 Å². The van der Waals surface area contributed by atoms with Crippen molar-refractivity contribution in [3.8, 4) is 5.88 Å². The lowest BCUT2D eigenvalue weighted by molar-refractivity contribution is 0.253. The van der Waals surface area contributed by atoms with E-state index in [1.54, 1.807) is 19.6 Å². The minimum Gasteiger partial charge on any atom is -0.479 e. The van der Waals surface area contributed by atoms with E-state index in [2.05, 4.69) is 21.7 Å². The van der Waals surface area contributed by atoms with E-state index in [0.29, 0.717) is 17.6 Å². The third-order valence-electron chi connectivity index (χ3n) is 4.70. The number of methoxy groups -OCH3 is 1. The second-order valence-electron chi connectivity index (χ2n) is 6.13. The standard InChI is InChI=1S/C18H26N4O2/c1-3-14-13-16(19)18(23-2)20-17(14)22-8-5-15(6-9-22)21-7-4-11-24-12-10-21/h4,10-13,15H,3,5-9,19H2,1-2H3. The van der Waals surface area contributed by atoms with Gasteiger partial charge in [0.2, 0.25) is 5.88 Å². The summed E-state index contributed by atoms with van der Waals surface area (Å²) in [5.41, 5.74) is 7.79. The van der Waals surface area contributed by atoms with Gasteiger partial charge in [-0.3, -0.25) is 0 Å². The monoisotopic (exact) mass is 330 g/mol. The minimum atomic E-state index is 0.516. The smallest absolute Gasteiger partial charge is 0.238 e. The number of hydrogen-bond acceptors (Lipinski definition) is 6. The second kappa shape index (κ2) is 7.47. The topological polar surface area (TPSA) is 63.9 Å². The van der Waals surface area contributed by atoms with E-state index in [0.717, 1.165) is 44.7 Å². The SMILES string of the molecule is CCc1cc(N)c(OC)nc1N1CCC(N2C=COC=CC2)CC1. The highest BCUT2D eigenvalue weighted by atomic mass is 16.5. The minimum absolute atomic E-state index is 0.516. The van der Waals surface area contributed by atoms with Gasteiger partial charge in [0.15, 0.2) is 0 Å². The molecule has 0 saturated carbocycles.